The van der Waals surface area contributed by atoms with Gasteiger partial charge in [-0.15, -0.1) is 0 Å². The van der Waals surface area contributed by atoms with Crippen molar-refractivity contribution in [2.24, 2.45) is 5.92 Å². The fraction of sp³-hybridized carbons (Fsp3) is 0.682. The molecule has 0 aliphatic heterocycles. The van der Waals surface area contributed by atoms with Crippen molar-refractivity contribution in [1.29, 1.82) is 0 Å². The molecule has 28 heavy (non-hydrogen) atoms. The summed E-state index contributed by atoms with van der Waals surface area (Å²) in [5, 5.41) is 2.65. The highest BCUT2D eigenvalue weighted by Crippen LogP contribution is 2.13. The first kappa shape index (κ1) is 28.4. The monoisotopic (exact) mass is 401 g/mol. The Labute approximate surface area is 171 Å². The maximum Gasteiger partial charge on any atom is 0.407 e. The average molecular weight is 402 g/mol. The molecule has 0 aromatic carbocycles. The van der Waals surface area contributed by atoms with E-state index in [1.54, 1.807) is 6.92 Å². The summed E-state index contributed by atoms with van der Waals surface area (Å²) in [5.41, 5.74) is 0.609. The molecule has 0 saturated heterocycles. The fourth-order valence-corrected chi connectivity index (χ4v) is 2.11. The van der Waals surface area contributed by atoms with Gasteiger partial charge in [-0.25, -0.2) is 9.18 Å². The van der Waals surface area contributed by atoms with Crippen molar-refractivity contribution >= 4 is 6.09 Å². The van der Waals surface area contributed by atoms with Crippen LogP contribution in [0.3, 0.4) is 0 Å². The van der Waals surface area contributed by atoms with E-state index in [-0.39, 0.29) is 6.61 Å². The zero-order valence-electron chi connectivity index (χ0n) is 18.4. The second-order valence-electron chi connectivity index (χ2n) is 6.14. The largest absolute Gasteiger partial charge is 0.491 e. The number of carbonyl (C=O) groups excluding carboxylic acids is 1. The maximum atomic E-state index is 12.8. The van der Waals surface area contributed by atoms with E-state index in [2.05, 4.69) is 32.3 Å². The average Bonchev–Trinajstić information content (AvgIpc) is 2.67. The van der Waals surface area contributed by atoms with Gasteiger partial charge in [0.25, 0.3) is 0 Å². The zero-order chi connectivity index (χ0) is 21.8. The summed E-state index contributed by atoms with van der Waals surface area (Å²) in [6, 6.07) is 0. The first-order valence-electron chi connectivity index (χ1n) is 10.2. The lowest BCUT2D eigenvalue weighted by Gasteiger charge is -2.15. The third kappa shape index (κ3) is 17.6. The van der Waals surface area contributed by atoms with Crippen LogP contribution < -0.4 is 5.32 Å². The van der Waals surface area contributed by atoms with Crippen molar-refractivity contribution < 1.29 is 23.4 Å². The van der Waals surface area contributed by atoms with Gasteiger partial charge < -0.3 is 19.5 Å². The van der Waals surface area contributed by atoms with Crippen LogP contribution in [-0.2, 0) is 14.2 Å². The molecule has 1 N–H and O–H groups in total. The summed E-state index contributed by atoms with van der Waals surface area (Å²) in [7, 11) is 0. The topological polar surface area (TPSA) is 56.8 Å². The lowest BCUT2D eigenvalue weighted by Crippen LogP contribution is -2.29. The lowest BCUT2D eigenvalue weighted by atomic mass is 10.0. The van der Waals surface area contributed by atoms with Crippen LogP contribution in [-0.4, -0.2) is 39.1 Å². The van der Waals surface area contributed by atoms with Gasteiger partial charge in [0.2, 0.25) is 0 Å². The van der Waals surface area contributed by atoms with E-state index in [1.165, 1.54) is 6.08 Å². The molecule has 0 aliphatic rings. The Bertz CT molecular complexity index is 463. The van der Waals surface area contributed by atoms with E-state index in [0.29, 0.717) is 43.6 Å². The van der Waals surface area contributed by atoms with Crippen molar-refractivity contribution in [1.82, 2.24) is 5.32 Å². The molecule has 0 spiro atoms. The standard InChI is InChI=1S/C20H34FNO4.C2H6/c1-6-8-9-18(7-2)15-26-20(23)22-10-11-24-12-13-25-19(16(3)4)14-17(5)21;1-2/h14,18H,3,5-13,15H2,1-2,4H3,(H,22,23);1-2H3/b19-14+;. The van der Waals surface area contributed by atoms with Crippen molar-refractivity contribution in [3.05, 3.63) is 36.4 Å². The Hall–Kier alpha value is -1.82. The van der Waals surface area contributed by atoms with Gasteiger partial charge in [0, 0.05) is 12.6 Å². The Kier molecular flexibility index (Phi) is 20.2. The number of allylic oxidation sites excluding steroid dienone is 3. The second kappa shape index (κ2) is 19.9. The molecule has 0 radical (unpaired) electrons. The van der Waals surface area contributed by atoms with E-state index in [4.69, 9.17) is 14.2 Å². The van der Waals surface area contributed by atoms with E-state index < -0.39 is 11.9 Å². The zero-order valence-corrected chi connectivity index (χ0v) is 18.4. The minimum Gasteiger partial charge on any atom is -0.491 e. The normalized spacial score (nSPS) is 11.7. The van der Waals surface area contributed by atoms with Crippen LogP contribution in [0.25, 0.3) is 0 Å². The Morgan fingerprint density at radius 3 is 2.36 bits per heavy atom. The third-order valence-electron chi connectivity index (χ3n) is 3.70. The molecule has 0 aliphatic carbocycles. The highest BCUT2D eigenvalue weighted by Gasteiger charge is 2.09. The van der Waals surface area contributed by atoms with Crippen LogP contribution in [0.2, 0.25) is 0 Å². The van der Waals surface area contributed by atoms with Crippen LogP contribution in [0.4, 0.5) is 9.18 Å². The molecule has 0 heterocycles. The number of ether oxygens (including phenoxy) is 3. The molecule has 6 heteroatoms. The van der Waals surface area contributed by atoms with Gasteiger partial charge in [-0.1, -0.05) is 60.1 Å². The summed E-state index contributed by atoms with van der Waals surface area (Å²) in [4.78, 5) is 11.6. The number of rotatable bonds is 15. The van der Waals surface area contributed by atoms with Crippen LogP contribution in [0.5, 0.6) is 0 Å². The number of hydrogen-bond donors (Lipinski definition) is 1. The molecular formula is C22H40FNO4. The number of amides is 1. The number of hydrogen-bond acceptors (Lipinski definition) is 4. The number of carbonyl (C=O) groups is 1. The number of alkyl carbamates (subject to hydrolysis) is 1. The van der Waals surface area contributed by atoms with Gasteiger partial charge in [0.05, 0.1) is 19.8 Å². The van der Waals surface area contributed by atoms with Crippen LogP contribution in [0.15, 0.2) is 36.4 Å². The quantitative estimate of drug-likeness (QED) is 0.210. The SMILES string of the molecule is C=C(F)/C=C(/OCCOCCNC(=O)OCC(CC)CCCC)C(=C)C.CC. The lowest BCUT2D eigenvalue weighted by molar-refractivity contribution is 0.0760. The minimum absolute atomic E-state index is 0.256. The van der Waals surface area contributed by atoms with Crippen LogP contribution in [0, 0.1) is 5.92 Å². The summed E-state index contributed by atoms with van der Waals surface area (Å²) >= 11 is 0. The van der Waals surface area contributed by atoms with Gasteiger partial charge >= 0.3 is 6.09 Å². The summed E-state index contributed by atoms with van der Waals surface area (Å²) in [6.07, 6.45) is 5.15. The molecule has 0 aromatic heterocycles. The van der Waals surface area contributed by atoms with Gasteiger partial charge in [-0.2, -0.15) is 0 Å². The minimum atomic E-state index is -0.591. The van der Waals surface area contributed by atoms with Crippen molar-refractivity contribution in [3.63, 3.8) is 0 Å². The highest BCUT2D eigenvalue weighted by atomic mass is 19.1. The van der Waals surface area contributed by atoms with E-state index in [0.717, 1.165) is 25.7 Å². The van der Waals surface area contributed by atoms with Gasteiger partial charge in [-0.05, 0) is 24.8 Å². The van der Waals surface area contributed by atoms with Gasteiger partial charge in [-0.3, -0.25) is 0 Å². The molecule has 0 rings (SSSR count). The number of halogens is 1. The maximum absolute atomic E-state index is 12.8. The van der Waals surface area contributed by atoms with Gasteiger partial charge in [0.15, 0.2) is 0 Å². The molecular weight excluding hydrogens is 361 g/mol. The van der Waals surface area contributed by atoms with E-state index in [9.17, 15) is 9.18 Å². The Morgan fingerprint density at radius 1 is 1.14 bits per heavy atom. The van der Waals surface area contributed by atoms with Gasteiger partial charge in [0.1, 0.15) is 18.2 Å². The fourth-order valence-electron chi connectivity index (χ4n) is 2.11. The molecule has 164 valence electrons. The van der Waals surface area contributed by atoms with Crippen molar-refractivity contribution in [3.8, 4) is 0 Å². The van der Waals surface area contributed by atoms with Crippen molar-refractivity contribution in [2.75, 3.05) is 33.0 Å². The van der Waals surface area contributed by atoms with Crippen LogP contribution >= 0.6 is 0 Å². The second-order valence-corrected chi connectivity index (χ2v) is 6.14. The Balaban J connectivity index is 0. The molecule has 0 aromatic rings. The van der Waals surface area contributed by atoms with E-state index in [1.807, 2.05) is 13.8 Å². The smallest absolute Gasteiger partial charge is 0.407 e. The molecule has 0 saturated carbocycles. The van der Waals surface area contributed by atoms with E-state index >= 15 is 0 Å². The molecule has 5 nitrogen and oxygen atoms in total. The predicted molar refractivity (Wildman–Crippen MR) is 114 cm³/mol. The summed E-state index contributed by atoms with van der Waals surface area (Å²) < 4.78 is 28.7. The predicted octanol–water partition coefficient (Wildman–Crippen LogP) is 5.93. The first-order valence-corrected chi connectivity index (χ1v) is 10.2. The molecule has 1 unspecified atom stereocenters. The summed E-state index contributed by atoms with van der Waals surface area (Å²) in [6.45, 7) is 18.6. The molecule has 0 bridgehead atoms. The van der Waals surface area contributed by atoms with Crippen LogP contribution in [0.1, 0.15) is 60.3 Å². The van der Waals surface area contributed by atoms with Crippen molar-refractivity contribution in [2.45, 2.75) is 60.3 Å². The molecule has 1 amide bonds. The number of nitrogens with one attached hydrogen (secondary N) is 1. The first-order chi connectivity index (χ1) is 13.4. The summed E-state index contributed by atoms with van der Waals surface area (Å²) in [5.74, 6) is 0.174. The Morgan fingerprint density at radius 2 is 1.82 bits per heavy atom. The highest BCUT2D eigenvalue weighted by molar-refractivity contribution is 5.67. The molecule has 0 fully saturated rings. The molecule has 1 atom stereocenters. The number of unbranched alkanes of at least 4 members (excludes halogenated alkanes) is 1. The third-order valence-corrected chi connectivity index (χ3v) is 3.70.